The number of anilines is 3. The van der Waals surface area contributed by atoms with Gasteiger partial charge in [-0.25, -0.2) is 4.79 Å². The summed E-state index contributed by atoms with van der Waals surface area (Å²) in [5.41, 5.74) is 8.66. The number of primary amides is 1. The van der Waals surface area contributed by atoms with Crippen molar-refractivity contribution < 1.29 is 14.4 Å². The Morgan fingerprint density at radius 1 is 1.07 bits per heavy atom. The van der Waals surface area contributed by atoms with E-state index < -0.39 is 6.03 Å². The number of halogens is 1. The van der Waals surface area contributed by atoms with Crippen LogP contribution in [0.15, 0.2) is 36.4 Å². The fourth-order valence-electron chi connectivity index (χ4n) is 3.67. The summed E-state index contributed by atoms with van der Waals surface area (Å²) in [6.45, 7) is 1.15. The molecular formula is C20H19ClN4O3. The van der Waals surface area contributed by atoms with Crippen molar-refractivity contribution in [2.24, 2.45) is 5.73 Å². The smallest absolute Gasteiger partial charge is 0.319 e. The number of amides is 4. The summed E-state index contributed by atoms with van der Waals surface area (Å²) in [4.78, 5) is 39.4. The maximum atomic E-state index is 12.8. The Labute approximate surface area is 167 Å². The first-order valence-electron chi connectivity index (χ1n) is 9.04. The number of rotatable bonds is 3. The number of nitrogens with two attached hydrogens (primary N) is 1. The number of carbonyl (C=O) groups excluding carboxylic acids is 3. The molecule has 2 aliphatic rings. The summed E-state index contributed by atoms with van der Waals surface area (Å²) in [7, 11) is 0. The number of hydrogen-bond donors (Lipinski definition) is 2. The van der Waals surface area contributed by atoms with E-state index in [4.69, 9.17) is 17.3 Å². The minimum Gasteiger partial charge on any atom is -0.351 e. The number of benzene rings is 2. The standard InChI is InChI=1S/C20H19ClN4O3/c21-14-8-13(9-16(10-14)24-6-1-2-18(24)26)19(27)23-15-4-3-12-5-7-25(20(22)28)17(12)11-15/h3-4,8-11H,1-2,5-7H2,(H2,22,28)(H,23,27). The van der Waals surface area contributed by atoms with Crippen LogP contribution in [0.3, 0.4) is 0 Å². The molecule has 0 aromatic heterocycles. The lowest BCUT2D eigenvalue weighted by Crippen LogP contribution is -2.34. The normalized spacial score (nSPS) is 15.7. The lowest BCUT2D eigenvalue weighted by atomic mass is 10.1. The molecule has 1 saturated heterocycles. The van der Waals surface area contributed by atoms with Gasteiger partial charge in [-0.15, -0.1) is 0 Å². The van der Waals surface area contributed by atoms with Crippen LogP contribution in [0.1, 0.15) is 28.8 Å². The molecule has 8 heteroatoms. The fourth-order valence-corrected chi connectivity index (χ4v) is 3.90. The van der Waals surface area contributed by atoms with Crippen LogP contribution in [0.2, 0.25) is 5.02 Å². The molecule has 28 heavy (non-hydrogen) atoms. The van der Waals surface area contributed by atoms with Crippen LogP contribution in [0.4, 0.5) is 21.9 Å². The molecule has 144 valence electrons. The van der Waals surface area contributed by atoms with Gasteiger partial charge in [0.2, 0.25) is 5.91 Å². The summed E-state index contributed by atoms with van der Waals surface area (Å²) in [6.07, 6.45) is 2.02. The third-order valence-electron chi connectivity index (χ3n) is 5.03. The Morgan fingerprint density at radius 3 is 2.61 bits per heavy atom. The minimum absolute atomic E-state index is 0.0267. The van der Waals surface area contributed by atoms with Gasteiger partial charge in [-0.1, -0.05) is 17.7 Å². The third-order valence-corrected chi connectivity index (χ3v) is 5.25. The van der Waals surface area contributed by atoms with Gasteiger partial charge in [0.15, 0.2) is 0 Å². The lowest BCUT2D eigenvalue weighted by molar-refractivity contribution is -0.117. The Kier molecular flexibility index (Phi) is 4.68. The van der Waals surface area contributed by atoms with Crippen LogP contribution in [-0.4, -0.2) is 30.9 Å². The van der Waals surface area contributed by atoms with E-state index in [2.05, 4.69) is 5.32 Å². The molecule has 0 spiro atoms. The third kappa shape index (κ3) is 3.41. The minimum atomic E-state index is -0.517. The summed E-state index contributed by atoms with van der Waals surface area (Å²) < 4.78 is 0. The van der Waals surface area contributed by atoms with Gasteiger partial charge in [0.05, 0.1) is 5.69 Å². The molecule has 2 aromatic carbocycles. The number of nitrogens with zero attached hydrogens (tertiary/aromatic N) is 2. The van der Waals surface area contributed by atoms with E-state index in [1.54, 1.807) is 35.2 Å². The largest absolute Gasteiger partial charge is 0.351 e. The van der Waals surface area contributed by atoms with E-state index in [1.165, 1.54) is 4.90 Å². The highest BCUT2D eigenvalue weighted by molar-refractivity contribution is 6.31. The predicted molar refractivity (Wildman–Crippen MR) is 108 cm³/mol. The van der Waals surface area contributed by atoms with Crippen LogP contribution in [0, 0.1) is 0 Å². The lowest BCUT2D eigenvalue weighted by Gasteiger charge is -2.17. The Balaban J connectivity index is 1.58. The Bertz CT molecular complexity index is 991. The summed E-state index contributed by atoms with van der Waals surface area (Å²) in [5, 5.41) is 3.21. The van der Waals surface area contributed by atoms with Gasteiger partial charge >= 0.3 is 6.03 Å². The zero-order valence-electron chi connectivity index (χ0n) is 15.1. The molecule has 2 aromatic rings. The molecule has 0 unspecified atom stereocenters. The van der Waals surface area contributed by atoms with Gasteiger partial charge in [0, 0.05) is 41.5 Å². The van der Waals surface area contributed by atoms with Crippen LogP contribution >= 0.6 is 11.6 Å². The number of carbonyl (C=O) groups is 3. The predicted octanol–water partition coefficient (Wildman–Crippen LogP) is 3.16. The van der Waals surface area contributed by atoms with E-state index >= 15 is 0 Å². The second-order valence-electron chi connectivity index (χ2n) is 6.88. The maximum absolute atomic E-state index is 12.8. The van der Waals surface area contributed by atoms with Crippen molar-refractivity contribution in [1.82, 2.24) is 0 Å². The SMILES string of the molecule is NC(=O)N1CCc2ccc(NC(=O)c3cc(Cl)cc(N4CCCC4=O)c3)cc21. The molecule has 0 aliphatic carbocycles. The van der Waals surface area contributed by atoms with Crippen molar-refractivity contribution >= 4 is 46.5 Å². The first kappa shape index (κ1) is 18.3. The monoisotopic (exact) mass is 398 g/mol. The van der Waals surface area contributed by atoms with E-state index in [0.29, 0.717) is 47.2 Å². The molecule has 4 amide bonds. The van der Waals surface area contributed by atoms with Crippen molar-refractivity contribution in [3.8, 4) is 0 Å². The number of fused-ring (bicyclic) bond motifs is 1. The average molecular weight is 399 g/mol. The maximum Gasteiger partial charge on any atom is 0.319 e. The van der Waals surface area contributed by atoms with Gasteiger partial charge < -0.3 is 16.0 Å². The highest BCUT2D eigenvalue weighted by Crippen LogP contribution is 2.31. The highest BCUT2D eigenvalue weighted by atomic mass is 35.5. The van der Waals surface area contributed by atoms with Crippen LogP contribution in [0.25, 0.3) is 0 Å². The summed E-state index contributed by atoms with van der Waals surface area (Å²) in [6, 6.07) is 9.79. The summed E-state index contributed by atoms with van der Waals surface area (Å²) >= 11 is 6.18. The molecule has 0 radical (unpaired) electrons. The zero-order valence-corrected chi connectivity index (χ0v) is 15.8. The molecule has 0 atom stereocenters. The number of nitrogens with one attached hydrogen (secondary N) is 1. The van der Waals surface area contributed by atoms with E-state index in [0.717, 1.165) is 18.4 Å². The van der Waals surface area contributed by atoms with Crippen LogP contribution in [0.5, 0.6) is 0 Å². The van der Waals surface area contributed by atoms with E-state index in [9.17, 15) is 14.4 Å². The second-order valence-corrected chi connectivity index (χ2v) is 7.32. The first-order chi connectivity index (χ1) is 13.4. The van der Waals surface area contributed by atoms with Crippen LogP contribution < -0.4 is 20.9 Å². The van der Waals surface area contributed by atoms with Crippen molar-refractivity contribution in [2.75, 3.05) is 28.2 Å². The molecule has 2 heterocycles. The van der Waals surface area contributed by atoms with E-state index in [1.807, 2.05) is 6.07 Å². The van der Waals surface area contributed by atoms with Gasteiger partial charge in [-0.2, -0.15) is 0 Å². The van der Waals surface area contributed by atoms with Gasteiger partial charge in [0.1, 0.15) is 0 Å². The Hall–Kier alpha value is -3.06. The van der Waals surface area contributed by atoms with Crippen molar-refractivity contribution in [3.63, 3.8) is 0 Å². The second kappa shape index (κ2) is 7.16. The molecule has 3 N–H and O–H groups in total. The molecular weight excluding hydrogens is 380 g/mol. The number of hydrogen-bond acceptors (Lipinski definition) is 3. The Morgan fingerprint density at radius 2 is 1.89 bits per heavy atom. The van der Waals surface area contributed by atoms with Gasteiger partial charge in [0.25, 0.3) is 5.91 Å². The summed E-state index contributed by atoms with van der Waals surface area (Å²) in [5.74, 6) is -0.322. The highest BCUT2D eigenvalue weighted by Gasteiger charge is 2.25. The molecule has 1 fully saturated rings. The molecule has 7 nitrogen and oxygen atoms in total. The first-order valence-corrected chi connectivity index (χ1v) is 9.42. The average Bonchev–Trinajstić information content (AvgIpc) is 3.26. The van der Waals surface area contributed by atoms with Crippen molar-refractivity contribution in [2.45, 2.75) is 19.3 Å². The molecule has 4 rings (SSSR count). The molecule has 0 saturated carbocycles. The van der Waals surface area contributed by atoms with Gasteiger partial charge in [-0.3, -0.25) is 14.5 Å². The van der Waals surface area contributed by atoms with Crippen LogP contribution in [-0.2, 0) is 11.2 Å². The van der Waals surface area contributed by atoms with Gasteiger partial charge in [-0.05, 0) is 48.7 Å². The van der Waals surface area contributed by atoms with Crippen molar-refractivity contribution in [1.29, 1.82) is 0 Å². The van der Waals surface area contributed by atoms with Crippen molar-refractivity contribution in [3.05, 3.63) is 52.5 Å². The fraction of sp³-hybridized carbons (Fsp3) is 0.250. The molecule has 2 aliphatic heterocycles. The molecule has 0 bridgehead atoms. The zero-order chi connectivity index (χ0) is 19.8. The van der Waals surface area contributed by atoms with E-state index in [-0.39, 0.29) is 11.8 Å². The number of urea groups is 1. The topological polar surface area (TPSA) is 95.7 Å². The quantitative estimate of drug-likeness (QED) is 0.831.